The molecule has 19 heavy (non-hydrogen) atoms. The summed E-state index contributed by atoms with van der Waals surface area (Å²) < 4.78 is 0. The molecule has 0 aliphatic rings. The van der Waals surface area contributed by atoms with E-state index in [-0.39, 0.29) is 11.7 Å². The Labute approximate surface area is 108 Å². The van der Waals surface area contributed by atoms with Crippen LogP contribution in [0, 0.1) is 0 Å². The molecule has 7 heteroatoms. The number of nitrogens with zero attached hydrogens (tertiary/aromatic N) is 3. The number of hydrogen-bond acceptors (Lipinski definition) is 5. The van der Waals surface area contributed by atoms with Crippen molar-refractivity contribution in [3.63, 3.8) is 0 Å². The summed E-state index contributed by atoms with van der Waals surface area (Å²) in [6.45, 7) is 1.40. The van der Waals surface area contributed by atoms with E-state index in [0.717, 1.165) is 5.56 Å². The number of carboxylic acids is 1. The van der Waals surface area contributed by atoms with Gasteiger partial charge in [-0.15, -0.1) is 0 Å². The third-order valence-electron chi connectivity index (χ3n) is 2.24. The zero-order valence-corrected chi connectivity index (χ0v) is 9.99. The largest absolute Gasteiger partial charge is 0.475 e. The van der Waals surface area contributed by atoms with Gasteiger partial charge in [-0.25, -0.2) is 19.7 Å². The van der Waals surface area contributed by atoms with Crippen molar-refractivity contribution in [2.24, 2.45) is 0 Å². The molecule has 2 heterocycles. The summed E-state index contributed by atoms with van der Waals surface area (Å²) in [4.78, 5) is 32.9. The molecule has 1 amide bonds. The Morgan fingerprint density at radius 3 is 2.16 bits per heavy atom. The van der Waals surface area contributed by atoms with Crippen LogP contribution in [0.3, 0.4) is 0 Å². The summed E-state index contributed by atoms with van der Waals surface area (Å²) in [5, 5.41) is 11.2. The molecule has 96 valence electrons. The Morgan fingerprint density at radius 1 is 1.05 bits per heavy atom. The molecule has 0 atom stereocenters. The van der Waals surface area contributed by atoms with E-state index in [4.69, 9.17) is 5.11 Å². The van der Waals surface area contributed by atoms with Crippen molar-refractivity contribution in [1.82, 2.24) is 15.0 Å². The zero-order valence-electron chi connectivity index (χ0n) is 9.99. The van der Waals surface area contributed by atoms with Gasteiger partial charge in [-0.2, -0.15) is 0 Å². The maximum atomic E-state index is 10.8. The minimum absolute atomic E-state index is 0.200. The molecule has 2 N–H and O–H groups in total. The molecule has 2 rings (SSSR count). The van der Waals surface area contributed by atoms with Gasteiger partial charge in [0.25, 0.3) is 0 Å². The molecule has 0 aliphatic carbocycles. The van der Waals surface area contributed by atoms with Crippen LogP contribution in [0.25, 0.3) is 11.1 Å². The van der Waals surface area contributed by atoms with Crippen LogP contribution in [0.2, 0.25) is 0 Å². The van der Waals surface area contributed by atoms with Crippen molar-refractivity contribution in [2.45, 2.75) is 6.92 Å². The van der Waals surface area contributed by atoms with Gasteiger partial charge in [-0.3, -0.25) is 4.79 Å². The van der Waals surface area contributed by atoms with Crippen LogP contribution in [0.5, 0.6) is 0 Å². The predicted molar refractivity (Wildman–Crippen MR) is 66.5 cm³/mol. The highest BCUT2D eigenvalue weighted by Crippen LogP contribution is 2.17. The lowest BCUT2D eigenvalue weighted by atomic mass is 10.1. The van der Waals surface area contributed by atoms with E-state index in [1.165, 1.54) is 19.3 Å². The van der Waals surface area contributed by atoms with Gasteiger partial charge in [0, 0.05) is 36.6 Å². The summed E-state index contributed by atoms with van der Waals surface area (Å²) in [7, 11) is 0. The lowest BCUT2D eigenvalue weighted by molar-refractivity contribution is -0.114. The van der Waals surface area contributed by atoms with Crippen molar-refractivity contribution in [1.29, 1.82) is 0 Å². The third kappa shape index (κ3) is 3.09. The summed E-state index contributed by atoms with van der Waals surface area (Å²) in [5.41, 5.74) is 1.37. The molecule has 0 aromatic carbocycles. The zero-order chi connectivity index (χ0) is 13.8. The molecule has 0 unspecified atom stereocenters. The molecular weight excluding hydrogens is 248 g/mol. The normalized spacial score (nSPS) is 9.95. The molecule has 0 aliphatic heterocycles. The Balaban J connectivity index is 2.22. The molecule has 0 bridgehead atoms. The van der Waals surface area contributed by atoms with Gasteiger partial charge < -0.3 is 10.4 Å². The second kappa shape index (κ2) is 5.21. The second-order valence-corrected chi connectivity index (χ2v) is 3.71. The standard InChI is InChI=1S/C12H10N4O3/c1-7(17)16-10-3-2-8(4-13-10)9-5-14-11(12(18)19)15-6-9/h2-6H,1H3,(H,18,19)(H,13,16,17). The number of rotatable bonds is 3. The number of aromatic nitrogens is 3. The van der Waals surface area contributed by atoms with Gasteiger partial charge in [0.15, 0.2) is 0 Å². The van der Waals surface area contributed by atoms with Gasteiger partial charge in [0.05, 0.1) is 0 Å². The highest BCUT2D eigenvalue weighted by molar-refractivity contribution is 5.87. The first-order chi connectivity index (χ1) is 9.06. The first kappa shape index (κ1) is 12.6. The van der Waals surface area contributed by atoms with E-state index >= 15 is 0 Å². The summed E-state index contributed by atoms with van der Waals surface area (Å²) in [6.07, 6.45) is 4.36. The Kier molecular flexibility index (Phi) is 3.46. The van der Waals surface area contributed by atoms with Gasteiger partial charge in [0.2, 0.25) is 11.7 Å². The van der Waals surface area contributed by atoms with Crippen LogP contribution in [0.15, 0.2) is 30.7 Å². The molecule has 7 nitrogen and oxygen atoms in total. The monoisotopic (exact) mass is 258 g/mol. The van der Waals surface area contributed by atoms with Crippen molar-refractivity contribution in [3.8, 4) is 11.1 Å². The number of pyridine rings is 1. The smallest absolute Gasteiger partial charge is 0.373 e. The summed E-state index contributed by atoms with van der Waals surface area (Å²) >= 11 is 0. The molecule has 0 saturated heterocycles. The highest BCUT2D eigenvalue weighted by atomic mass is 16.4. The maximum Gasteiger partial charge on any atom is 0.373 e. The van der Waals surface area contributed by atoms with Crippen LogP contribution in [-0.4, -0.2) is 31.9 Å². The van der Waals surface area contributed by atoms with Crippen molar-refractivity contribution >= 4 is 17.7 Å². The SMILES string of the molecule is CC(=O)Nc1ccc(-c2cnc(C(=O)O)nc2)cn1. The number of carbonyl (C=O) groups excluding carboxylic acids is 1. The van der Waals surface area contributed by atoms with Gasteiger partial charge >= 0.3 is 5.97 Å². The van der Waals surface area contributed by atoms with Crippen LogP contribution in [0.4, 0.5) is 5.82 Å². The van der Waals surface area contributed by atoms with E-state index in [0.29, 0.717) is 11.4 Å². The minimum Gasteiger partial charge on any atom is -0.475 e. The number of anilines is 1. The Bertz CT molecular complexity index is 608. The van der Waals surface area contributed by atoms with Crippen molar-refractivity contribution in [3.05, 3.63) is 36.5 Å². The molecule has 0 radical (unpaired) electrons. The Hall–Kier alpha value is -2.83. The van der Waals surface area contributed by atoms with Crippen molar-refractivity contribution in [2.75, 3.05) is 5.32 Å². The molecule has 2 aromatic heterocycles. The van der Waals surface area contributed by atoms with Crippen LogP contribution < -0.4 is 5.32 Å². The number of nitrogens with one attached hydrogen (secondary N) is 1. The fraction of sp³-hybridized carbons (Fsp3) is 0.0833. The number of hydrogen-bond donors (Lipinski definition) is 2. The van der Waals surface area contributed by atoms with Crippen LogP contribution in [0.1, 0.15) is 17.5 Å². The molecule has 2 aromatic rings. The topological polar surface area (TPSA) is 105 Å². The lowest BCUT2D eigenvalue weighted by Gasteiger charge is -2.03. The van der Waals surface area contributed by atoms with Gasteiger partial charge in [-0.1, -0.05) is 0 Å². The number of amides is 1. The number of carbonyl (C=O) groups is 2. The number of aromatic carboxylic acids is 1. The first-order valence-corrected chi connectivity index (χ1v) is 5.35. The fourth-order valence-corrected chi connectivity index (χ4v) is 1.41. The van der Waals surface area contributed by atoms with Gasteiger partial charge in [0.1, 0.15) is 5.82 Å². The van der Waals surface area contributed by atoms with E-state index in [1.54, 1.807) is 18.3 Å². The third-order valence-corrected chi connectivity index (χ3v) is 2.24. The van der Waals surface area contributed by atoms with E-state index in [9.17, 15) is 9.59 Å². The summed E-state index contributed by atoms with van der Waals surface area (Å²) in [5.74, 6) is -1.19. The van der Waals surface area contributed by atoms with E-state index in [2.05, 4.69) is 20.3 Å². The first-order valence-electron chi connectivity index (χ1n) is 5.35. The summed E-state index contributed by atoms with van der Waals surface area (Å²) in [6, 6.07) is 3.37. The van der Waals surface area contributed by atoms with Gasteiger partial charge in [-0.05, 0) is 12.1 Å². The predicted octanol–water partition coefficient (Wildman–Crippen LogP) is 1.20. The average molecular weight is 258 g/mol. The second-order valence-electron chi connectivity index (χ2n) is 3.71. The van der Waals surface area contributed by atoms with E-state index < -0.39 is 5.97 Å². The Morgan fingerprint density at radius 2 is 1.68 bits per heavy atom. The highest BCUT2D eigenvalue weighted by Gasteiger charge is 2.07. The maximum absolute atomic E-state index is 10.8. The molecule has 0 saturated carbocycles. The van der Waals surface area contributed by atoms with Crippen LogP contribution >= 0.6 is 0 Å². The number of carboxylic acid groups (broad SMARTS) is 1. The fourth-order valence-electron chi connectivity index (χ4n) is 1.41. The minimum atomic E-state index is -1.18. The van der Waals surface area contributed by atoms with E-state index in [1.807, 2.05) is 0 Å². The molecular formula is C12H10N4O3. The lowest BCUT2D eigenvalue weighted by Crippen LogP contribution is -2.07. The average Bonchev–Trinajstić information content (AvgIpc) is 2.39. The molecule has 0 spiro atoms. The molecule has 0 fully saturated rings. The van der Waals surface area contributed by atoms with Crippen molar-refractivity contribution < 1.29 is 14.7 Å². The quantitative estimate of drug-likeness (QED) is 0.856. The van der Waals surface area contributed by atoms with Crippen LogP contribution in [-0.2, 0) is 4.79 Å².